The van der Waals surface area contributed by atoms with Crippen LogP contribution in [-0.4, -0.2) is 22.1 Å². The van der Waals surface area contributed by atoms with Gasteiger partial charge in [-0.1, -0.05) is 65.3 Å². The Morgan fingerprint density at radius 3 is 2.70 bits per heavy atom. The van der Waals surface area contributed by atoms with Crippen LogP contribution in [0.25, 0.3) is 10.2 Å². The van der Waals surface area contributed by atoms with E-state index in [9.17, 15) is 9.59 Å². The van der Waals surface area contributed by atoms with E-state index in [1.807, 2.05) is 42.5 Å². The number of thioether (sulfide) groups is 1. The lowest BCUT2D eigenvalue weighted by atomic mass is 10.2. The number of halogens is 2. The third-order valence-electron chi connectivity index (χ3n) is 5.02. The van der Waals surface area contributed by atoms with Gasteiger partial charge < -0.3 is 4.74 Å². The second kappa shape index (κ2) is 10.3. The number of carbonyl (C=O) groups is 1. The fourth-order valence-electron chi connectivity index (χ4n) is 3.41. The lowest BCUT2D eigenvalue weighted by Gasteiger charge is -2.13. The Balaban J connectivity index is 1.83. The number of fused-ring (bicyclic) bond motifs is 1. The van der Waals surface area contributed by atoms with Crippen molar-refractivity contribution in [1.29, 1.82) is 0 Å². The first-order valence-corrected chi connectivity index (χ1v) is 12.8. The average Bonchev–Trinajstić information content (AvgIpc) is 3.12. The Labute approximate surface area is 209 Å². The number of nitrogens with zero attached hydrogens (tertiary/aromatic N) is 2. The molecule has 9 heteroatoms. The molecule has 0 spiro atoms. The van der Waals surface area contributed by atoms with Crippen LogP contribution in [0.15, 0.2) is 58.5 Å². The highest BCUT2D eigenvalue weighted by Crippen LogP contribution is 2.31. The number of aromatic nitrogens is 2. The summed E-state index contributed by atoms with van der Waals surface area (Å²) in [7, 11) is 0. The van der Waals surface area contributed by atoms with Crippen molar-refractivity contribution in [2.75, 3.05) is 6.61 Å². The largest absolute Gasteiger partial charge is 0.462 e. The van der Waals surface area contributed by atoms with Crippen LogP contribution >= 0.6 is 46.3 Å². The van der Waals surface area contributed by atoms with Crippen LogP contribution in [0.3, 0.4) is 0 Å². The van der Waals surface area contributed by atoms with Gasteiger partial charge in [0.25, 0.3) is 5.56 Å². The third-order valence-corrected chi connectivity index (χ3v) is 7.84. The molecule has 0 aliphatic heterocycles. The van der Waals surface area contributed by atoms with Crippen LogP contribution in [0.2, 0.25) is 10.0 Å². The Hall–Kier alpha value is -2.32. The Kier molecular flexibility index (Phi) is 7.44. The van der Waals surface area contributed by atoms with Crippen LogP contribution in [0.4, 0.5) is 0 Å². The minimum atomic E-state index is -0.441. The molecular weight excluding hydrogens is 499 g/mol. The molecule has 0 bridgehead atoms. The van der Waals surface area contributed by atoms with Crippen molar-refractivity contribution >= 4 is 62.5 Å². The predicted octanol–water partition coefficient (Wildman–Crippen LogP) is 6.59. The number of esters is 1. The molecule has 33 heavy (non-hydrogen) atoms. The zero-order valence-electron chi connectivity index (χ0n) is 17.9. The molecule has 0 aliphatic rings. The summed E-state index contributed by atoms with van der Waals surface area (Å²) >= 11 is 15.1. The van der Waals surface area contributed by atoms with E-state index >= 15 is 0 Å². The van der Waals surface area contributed by atoms with Gasteiger partial charge in [-0.3, -0.25) is 9.36 Å². The molecule has 2 aromatic carbocycles. The highest BCUT2D eigenvalue weighted by Gasteiger charge is 2.23. The monoisotopic (exact) mass is 518 g/mol. The summed E-state index contributed by atoms with van der Waals surface area (Å²) in [6.45, 7) is 4.04. The zero-order chi connectivity index (χ0) is 23.5. The van der Waals surface area contributed by atoms with E-state index in [0.29, 0.717) is 41.6 Å². The normalized spacial score (nSPS) is 11.2. The van der Waals surface area contributed by atoms with Crippen molar-refractivity contribution < 1.29 is 9.53 Å². The number of thiophene rings is 1. The van der Waals surface area contributed by atoms with Gasteiger partial charge in [0.2, 0.25) is 0 Å². The summed E-state index contributed by atoms with van der Waals surface area (Å²) in [6.07, 6.45) is 0. The summed E-state index contributed by atoms with van der Waals surface area (Å²) in [5, 5.41) is 2.20. The van der Waals surface area contributed by atoms with Crippen LogP contribution in [0.5, 0.6) is 0 Å². The van der Waals surface area contributed by atoms with Crippen molar-refractivity contribution in [3.63, 3.8) is 0 Å². The number of hydrogen-bond donors (Lipinski definition) is 0. The second-order valence-electron chi connectivity index (χ2n) is 7.25. The molecule has 0 aliphatic carbocycles. The standard InChI is InChI=1S/C24H20Cl2N2O3S2/c1-3-31-23(30)20-14(2)19-21(33-20)27-24(32-13-15-7-6-9-17(25)11-15)28(22(19)29)12-16-8-4-5-10-18(16)26/h4-11H,3,12-13H2,1-2H3. The van der Waals surface area contributed by atoms with Crippen molar-refractivity contribution in [2.24, 2.45) is 0 Å². The molecule has 0 saturated carbocycles. The summed E-state index contributed by atoms with van der Waals surface area (Å²) in [5.41, 5.74) is 2.20. The Morgan fingerprint density at radius 2 is 1.97 bits per heavy atom. The molecule has 0 amide bonds. The highest BCUT2D eigenvalue weighted by atomic mass is 35.5. The molecule has 0 N–H and O–H groups in total. The molecule has 0 fully saturated rings. The van der Waals surface area contributed by atoms with Crippen LogP contribution < -0.4 is 5.56 Å². The Morgan fingerprint density at radius 1 is 1.18 bits per heavy atom. The van der Waals surface area contributed by atoms with Gasteiger partial charge in [-0.2, -0.15) is 0 Å². The van der Waals surface area contributed by atoms with E-state index in [1.165, 1.54) is 23.1 Å². The summed E-state index contributed by atoms with van der Waals surface area (Å²) in [6, 6.07) is 15.0. The van der Waals surface area contributed by atoms with E-state index in [1.54, 1.807) is 24.5 Å². The molecule has 4 aromatic rings. The number of ether oxygens (including phenoxy) is 1. The predicted molar refractivity (Wildman–Crippen MR) is 136 cm³/mol. The van der Waals surface area contributed by atoms with Gasteiger partial charge in [-0.25, -0.2) is 9.78 Å². The van der Waals surface area contributed by atoms with Gasteiger partial charge in [0, 0.05) is 15.8 Å². The number of hydrogen-bond acceptors (Lipinski definition) is 6. The summed E-state index contributed by atoms with van der Waals surface area (Å²) < 4.78 is 6.78. The van der Waals surface area contributed by atoms with Crippen molar-refractivity contribution in [3.05, 3.63) is 90.5 Å². The summed E-state index contributed by atoms with van der Waals surface area (Å²) in [5.74, 6) is 0.138. The van der Waals surface area contributed by atoms with Crippen molar-refractivity contribution in [2.45, 2.75) is 31.3 Å². The number of aryl methyl sites for hydroxylation is 1. The van der Waals surface area contributed by atoms with Gasteiger partial charge in [0.15, 0.2) is 5.16 Å². The van der Waals surface area contributed by atoms with E-state index in [-0.39, 0.29) is 18.7 Å². The van der Waals surface area contributed by atoms with Gasteiger partial charge in [-0.15, -0.1) is 11.3 Å². The maximum absolute atomic E-state index is 13.6. The SMILES string of the molecule is CCOC(=O)c1sc2nc(SCc3cccc(Cl)c3)n(Cc3ccccc3Cl)c(=O)c2c1C. The van der Waals surface area contributed by atoms with Gasteiger partial charge in [0.1, 0.15) is 9.71 Å². The first kappa shape index (κ1) is 23.8. The molecule has 0 unspecified atom stereocenters. The lowest BCUT2D eigenvalue weighted by Crippen LogP contribution is -2.24. The highest BCUT2D eigenvalue weighted by molar-refractivity contribution is 7.98. The minimum Gasteiger partial charge on any atom is -0.462 e. The van der Waals surface area contributed by atoms with Crippen LogP contribution in [-0.2, 0) is 17.0 Å². The number of benzene rings is 2. The summed E-state index contributed by atoms with van der Waals surface area (Å²) in [4.78, 5) is 31.8. The molecule has 0 radical (unpaired) electrons. The number of carbonyl (C=O) groups excluding carboxylic acids is 1. The quantitative estimate of drug-likeness (QED) is 0.157. The molecular formula is C24H20Cl2N2O3S2. The molecule has 2 aromatic heterocycles. The maximum Gasteiger partial charge on any atom is 0.348 e. The smallest absolute Gasteiger partial charge is 0.348 e. The van der Waals surface area contributed by atoms with Crippen LogP contribution in [0.1, 0.15) is 33.3 Å². The molecule has 4 rings (SSSR count). The van der Waals surface area contributed by atoms with Crippen molar-refractivity contribution in [3.8, 4) is 0 Å². The lowest BCUT2D eigenvalue weighted by molar-refractivity contribution is 0.0531. The average molecular weight is 519 g/mol. The van der Waals surface area contributed by atoms with E-state index in [2.05, 4.69) is 0 Å². The third kappa shape index (κ3) is 5.11. The molecule has 2 heterocycles. The van der Waals surface area contributed by atoms with Crippen LogP contribution in [0, 0.1) is 6.92 Å². The minimum absolute atomic E-state index is 0.210. The van der Waals surface area contributed by atoms with E-state index < -0.39 is 5.97 Å². The first-order valence-electron chi connectivity index (χ1n) is 10.2. The molecule has 0 atom stereocenters. The fraction of sp³-hybridized carbons (Fsp3) is 0.208. The van der Waals surface area contributed by atoms with E-state index in [4.69, 9.17) is 32.9 Å². The zero-order valence-corrected chi connectivity index (χ0v) is 21.1. The topological polar surface area (TPSA) is 61.2 Å². The molecule has 0 saturated heterocycles. The Bertz CT molecular complexity index is 1400. The number of rotatable bonds is 7. The molecule has 170 valence electrons. The first-order chi connectivity index (χ1) is 15.9. The van der Waals surface area contributed by atoms with E-state index in [0.717, 1.165) is 11.1 Å². The van der Waals surface area contributed by atoms with Crippen molar-refractivity contribution in [1.82, 2.24) is 9.55 Å². The molecule has 5 nitrogen and oxygen atoms in total. The maximum atomic E-state index is 13.6. The van der Waals surface area contributed by atoms with Gasteiger partial charge >= 0.3 is 5.97 Å². The second-order valence-corrected chi connectivity index (χ2v) is 10.0. The van der Waals surface area contributed by atoms with Gasteiger partial charge in [-0.05, 0) is 48.7 Å². The fourth-order valence-corrected chi connectivity index (χ4v) is 5.88. The van der Waals surface area contributed by atoms with Gasteiger partial charge in [0.05, 0.1) is 18.5 Å².